The highest BCUT2D eigenvalue weighted by Crippen LogP contribution is 2.12. The first-order valence-corrected chi connectivity index (χ1v) is 4.11. The molecular weight excluding hydrogens is 184 g/mol. The molecule has 0 saturated heterocycles. The quantitative estimate of drug-likeness (QED) is 0.743. The molecule has 0 fully saturated rings. The third-order valence-electron chi connectivity index (χ3n) is 1.81. The lowest BCUT2D eigenvalue weighted by Gasteiger charge is -1.95. The zero-order chi connectivity index (χ0) is 10.1. The van der Waals surface area contributed by atoms with Crippen LogP contribution in [0.4, 0.5) is 0 Å². The van der Waals surface area contributed by atoms with Crippen LogP contribution in [-0.2, 0) is 11.3 Å². The Labute approximate surface area is 80.2 Å². The number of hydrogen-bond donors (Lipinski definition) is 1. The molecule has 2 aromatic rings. The average Bonchev–Trinajstić information content (AvgIpc) is 2.48. The standard InChI is InChI=1S/C8H10N4O2/c1-5-6(13)3-12-8(9-5)10-7(11-12)4-14-2/h3,13H,4H2,1-2H3. The van der Waals surface area contributed by atoms with E-state index in [2.05, 4.69) is 15.1 Å². The lowest BCUT2D eigenvalue weighted by atomic mass is 10.4. The Kier molecular flexibility index (Phi) is 2.05. The molecule has 0 atom stereocenters. The molecule has 2 aromatic heterocycles. The Bertz CT molecular complexity index is 427. The number of hydrogen-bond acceptors (Lipinski definition) is 5. The van der Waals surface area contributed by atoms with Gasteiger partial charge in [0.1, 0.15) is 6.61 Å². The van der Waals surface area contributed by atoms with E-state index in [1.54, 1.807) is 14.0 Å². The van der Waals surface area contributed by atoms with E-state index in [1.807, 2.05) is 0 Å². The van der Waals surface area contributed by atoms with E-state index < -0.39 is 0 Å². The van der Waals surface area contributed by atoms with Crippen LogP contribution >= 0.6 is 0 Å². The first-order valence-electron chi connectivity index (χ1n) is 4.11. The Morgan fingerprint density at radius 2 is 2.29 bits per heavy atom. The summed E-state index contributed by atoms with van der Waals surface area (Å²) >= 11 is 0. The van der Waals surface area contributed by atoms with Crippen molar-refractivity contribution in [2.24, 2.45) is 0 Å². The molecule has 74 valence electrons. The Morgan fingerprint density at radius 3 is 3.00 bits per heavy atom. The number of rotatable bonds is 2. The fourth-order valence-corrected chi connectivity index (χ4v) is 1.13. The molecule has 0 aliphatic heterocycles. The monoisotopic (exact) mass is 194 g/mol. The van der Waals surface area contributed by atoms with E-state index >= 15 is 0 Å². The predicted octanol–water partition coefficient (Wildman–Crippen LogP) is 0.285. The molecule has 0 saturated carbocycles. The van der Waals surface area contributed by atoms with E-state index in [1.165, 1.54) is 10.7 Å². The summed E-state index contributed by atoms with van der Waals surface area (Å²) in [6.45, 7) is 2.04. The van der Waals surface area contributed by atoms with Crippen LogP contribution in [0, 0.1) is 6.92 Å². The molecule has 0 aromatic carbocycles. The smallest absolute Gasteiger partial charge is 0.252 e. The average molecular weight is 194 g/mol. The van der Waals surface area contributed by atoms with Gasteiger partial charge in [-0.15, -0.1) is 5.10 Å². The number of ether oxygens (including phenoxy) is 1. The molecule has 14 heavy (non-hydrogen) atoms. The second-order valence-corrected chi connectivity index (χ2v) is 2.92. The minimum atomic E-state index is 0.103. The molecular formula is C8H10N4O2. The maximum atomic E-state index is 9.37. The van der Waals surface area contributed by atoms with Gasteiger partial charge in [-0.05, 0) is 6.92 Å². The fraction of sp³-hybridized carbons (Fsp3) is 0.375. The normalized spacial score (nSPS) is 11.0. The van der Waals surface area contributed by atoms with Crippen LogP contribution in [0.15, 0.2) is 6.20 Å². The highest BCUT2D eigenvalue weighted by molar-refractivity contribution is 5.34. The number of nitrogens with zero attached hydrogens (tertiary/aromatic N) is 4. The molecule has 6 nitrogen and oxygen atoms in total. The Balaban J connectivity index is 2.54. The van der Waals surface area contributed by atoms with Crippen LogP contribution in [0.5, 0.6) is 5.75 Å². The third kappa shape index (κ3) is 1.39. The molecule has 0 aliphatic carbocycles. The SMILES string of the molecule is COCc1nc2nc(C)c(O)cn2n1. The number of aromatic nitrogens is 4. The number of aryl methyl sites for hydroxylation is 1. The lowest BCUT2D eigenvalue weighted by molar-refractivity contribution is 0.178. The highest BCUT2D eigenvalue weighted by Gasteiger charge is 2.06. The molecule has 0 amide bonds. The van der Waals surface area contributed by atoms with Gasteiger partial charge >= 0.3 is 0 Å². The van der Waals surface area contributed by atoms with Crippen LogP contribution in [0.25, 0.3) is 5.78 Å². The van der Waals surface area contributed by atoms with Gasteiger partial charge in [-0.25, -0.2) is 9.50 Å². The molecule has 0 radical (unpaired) electrons. The number of fused-ring (bicyclic) bond motifs is 1. The summed E-state index contributed by atoms with van der Waals surface area (Å²) < 4.78 is 6.32. The summed E-state index contributed by atoms with van der Waals surface area (Å²) in [5.74, 6) is 1.11. The summed E-state index contributed by atoms with van der Waals surface area (Å²) in [7, 11) is 1.57. The van der Waals surface area contributed by atoms with Gasteiger partial charge < -0.3 is 9.84 Å². The van der Waals surface area contributed by atoms with Crippen molar-refractivity contribution in [2.75, 3.05) is 7.11 Å². The van der Waals surface area contributed by atoms with Crippen LogP contribution in [0.2, 0.25) is 0 Å². The molecule has 2 rings (SSSR count). The lowest BCUT2D eigenvalue weighted by Crippen LogP contribution is -1.93. The van der Waals surface area contributed by atoms with Gasteiger partial charge in [-0.1, -0.05) is 0 Å². The van der Waals surface area contributed by atoms with Gasteiger partial charge in [0.2, 0.25) is 0 Å². The van der Waals surface area contributed by atoms with Crippen molar-refractivity contribution < 1.29 is 9.84 Å². The largest absolute Gasteiger partial charge is 0.504 e. The van der Waals surface area contributed by atoms with Crippen LogP contribution in [0.3, 0.4) is 0 Å². The fourth-order valence-electron chi connectivity index (χ4n) is 1.13. The first-order chi connectivity index (χ1) is 6.70. The highest BCUT2D eigenvalue weighted by atomic mass is 16.5. The van der Waals surface area contributed by atoms with Gasteiger partial charge in [0, 0.05) is 7.11 Å². The maximum absolute atomic E-state index is 9.37. The van der Waals surface area contributed by atoms with Crippen molar-refractivity contribution in [2.45, 2.75) is 13.5 Å². The number of methoxy groups -OCH3 is 1. The van der Waals surface area contributed by atoms with Crippen molar-refractivity contribution in [3.8, 4) is 5.75 Å². The van der Waals surface area contributed by atoms with Gasteiger partial charge in [0.15, 0.2) is 11.6 Å². The summed E-state index contributed by atoms with van der Waals surface area (Å²) in [6, 6.07) is 0. The van der Waals surface area contributed by atoms with Crippen molar-refractivity contribution >= 4 is 5.78 Å². The second kappa shape index (κ2) is 3.22. The summed E-state index contributed by atoms with van der Waals surface area (Å²) in [5, 5.41) is 13.4. The molecule has 0 unspecified atom stereocenters. The van der Waals surface area contributed by atoms with Gasteiger partial charge in [-0.2, -0.15) is 4.98 Å². The zero-order valence-electron chi connectivity index (χ0n) is 7.93. The van der Waals surface area contributed by atoms with Crippen molar-refractivity contribution in [3.63, 3.8) is 0 Å². The summed E-state index contributed by atoms with van der Waals surface area (Å²) in [6.07, 6.45) is 1.48. The number of aromatic hydroxyl groups is 1. The van der Waals surface area contributed by atoms with Crippen molar-refractivity contribution in [3.05, 3.63) is 17.7 Å². The van der Waals surface area contributed by atoms with E-state index in [0.29, 0.717) is 23.9 Å². The molecule has 1 N–H and O–H groups in total. The van der Waals surface area contributed by atoms with Crippen molar-refractivity contribution in [1.82, 2.24) is 19.6 Å². The minimum absolute atomic E-state index is 0.103. The molecule has 0 spiro atoms. The van der Waals surface area contributed by atoms with E-state index in [4.69, 9.17) is 4.74 Å². The zero-order valence-corrected chi connectivity index (χ0v) is 7.93. The van der Waals surface area contributed by atoms with E-state index in [9.17, 15) is 5.11 Å². The molecule has 0 aliphatic rings. The second-order valence-electron chi connectivity index (χ2n) is 2.92. The third-order valence-corrected chi connectivity index (χ3v) is 1.81. The Hall–Kier alpha value is -1.69. The molecule has 0 bridgehead atoms. The maximum Gasteiger partial charge on any atom is 0.252 e. The van der Waals surface area contributed by atoms with Gasteiger partial charge in [0.25, 0.3) is 5.78 Å². The van der Waals surface area contributed by atoms with E-state index in [0.717, 1.165) is 0 Å². The predicted molar refractivity (Wildman–Crippen MR) is 47.9 cm³/mol. The van der Waals surface area contributed by atoms with Gasteiger partial charge in [0.05, 0.1) is 11.9 Å². The summed E-state index contributed by atoms with van der Waals surface area (Å²) in [5.41, 5.74) is 0.536. The minimum Gasteiger partial charge on any atom is -0.504 e. The van der Waals surface area contributed by atoms with Gasteiger partial charge in [-0.3, -0.25) is 0 Å². The molecule has 2 heterocycles. The summed E-state index contributed by atoms with van der Waals surface area (Å²) in [4.78, 5) is 8.17. The molecule has 6 heteroatoms. The van der Waals surface area contributed by atoms with Crippen LogP contribution < -0.4 is 0 Å². The Morgan fingerprint density at radius 1 is 1.50 bits per heavy atom. The van der Waals surface area contributed by atoms with Crippen molar-refractivity contribution in [1.29, 1.82) is 0 Å². The van der Waals surface area contributed by atoms with Crippen LogP contribution in [-0.4, -0.2) is 31.8 Å². The first kappa shape index (κ1) is 8.89. The van der Waals surface area contributed by atoms with Crippen LogP contribution in [0.1, 0.15) is 11.5 Å². The topological polar surface area (TPSA) is 72.5 Å². The van der Waals surface area contributed by atoms with E-state index in [-0.39, 0.29) is 5.75 Å².